The van der Waals surface area contributed by atoms with Crippen molar-refractivity contribution in [1.82, 2.24) is 4.98 Å². The minimum atomic E-state index is -1.00. The second kappa shape index (κ2) is 8.66. The zero-order valence-electron chi connectivity index (χ0n) is 17.8. The summed E-state index contributed by atoms with van der Waals surface area (Å²) in [6, 6.07) is 19.7. The van der Waals surface area contributed by atoms with Crippen molar-refractivity contribution in [3.05, 3.63) is 90.2 Å². The topological polar surface area (TPSA) is 95.0 Å². The van der Waals surface area contributed by atoms with Gasteiger partial charge in [-0.25, -0.2) is 9.78 Å². The van der Waals surface area contributed by atoms with Crippen LogP contribution in [0.5, 0.6) is 5.75 Å². The van der Waals surface area contributed by atoms with Crippen LogP contribution in [0.15, 0.2) is 81.8 Å². The Morgan fingerprint density at radius 1 is 1.06 bits per heavy atom. The first-order valence-electron chi connectivity index (χ1n) is 10.4. The molecule has 0 N–H and O–H groups in total. The highest BCUT2D eigenvalue weighted by molar-refractivity contribution is 6.06. The van der Waals surface area contributed by atoms with Gasteiger partial charge in [0.2, 0.25) is 12.0 Å². The number of esters is 1. The van der Waals surface area contributed by atoms with Crippen LogP contribution in [0.1, 0.15) is 22.0 Å². The molecule has 4 aromatic rings. The molecule has 8 nitrogen and oxygen atoms in total. The summed E-state index contributed by atoms with van der Waals surface area (Å²) in [7, 11) is 0. The van der Waals surface area contributed by atoms with E-state index >= 15 is 0 Å². The Morgan fingerprint density at radius 3 is 2.64 bits per heavy atom. The molecular formula is C25H20N2O6. The zero-order valence-corrected chi connectivity index (χ0v) is 17.8. The molecule has 0 spiro atoms. The van der Waals surface area contributed by atoms with Crippen LogP contribution < -0.4 is 9.64 Å². The average molecular weight is 444 g/mol. The minimum Gasteiger partial charge on any atom is -0.475 e. The Labute approximate surface area is 189 Å². The van der Waals surface area contributed by atoms with Gasteiger partial charge in [0.15, 0.2) is 5.76 Å². The summed E-state index contributed by atoms with van der Waals surface area (Å²) in [4.78, 5) is 31.7. The molecule has 2 aromatic carbocycles. The lowest BCUT2D eigenvalue weighted by Gasteiger charge is -2.33. The highest BCUT2D eigenvalue weighted by Gasteiger charge is 2.36. The fraction of sp³-hybridized carbons (Fsp3) is 0.160. The third-order valence-electron chi connectivity index (χ3n) is 5.28. The summed E-state index contributed by atoms with van der Waals surface area (Å²) in [5.41, 5.74) is 1.90. The molecule has 5 rings (SSSR count). The first kappa shape index (κ1) is 20.6. The van der Waals surface area contributed by atoms with Crippen molar-refractivity contribution in [1.29, 1.82) is 0 Å². The summed E-state index contributed by atoms with van der Waals surface area (Å²) in [5.74, 6) is 0.627. The van der Waals surface area contributed by atoms with Crippen molar-refractivity contribution in [2.75, 3.05) is 11.4 Å². The molecule has 8 heteroatoms. The van der Waals surface area contributed by atoms with E-state index in [4.69, 9.17) is 18.3 Å². The molecule has 0 fully saturated rings. The van der Waals surface area contributed by atoms with Gasteiger partial charge in [-0.1, -0.05) is 30.3 Å². The lowest BCUT2D eigenvalue weighted by molar-refractivity contribution is -0.153. The second-order valence-electron chi connectivity index (χ2n) is 7.46. The second-order valence-corrected chi connectivity index (χ2v) is 7.46. The number of rotatable bonds is 5. The van der Waals surface area contributed by atoms with E-state index in [9.17, 15) is 9.59 Å². The van der Waals surface area contributed by atoms with Crippen LogP contribution >= 0.6 is 0 Å². The number of aryl methyl sites for hydroxylation is 1. The van der Waals surface area contributed by atoms with Gasteiger partial charge < -0.3 is 18.3 Å². The number of fused-ring (bicyclic) bond motifs is 1. The molecule has 0 saturated heterocycles. The number of aromatic nitrogens is 1. The van der Waals surface area contributed by atoms with Gasteiger partial charge in [-0.2, -0.15) is 0 Å². The van der Waals surface area contributed by atoms with Gasteiger partial charge in [0.1, 0.15) is 23.8 Å². The molecule has 1 amide bonds. The lowest BCUT2D eigenvalue weighted by atomic mass is 10.1. The number of carbonyl (C=O) groups is 2. The monoisotopic (exact) mass is 444 g/mol. The fourth-order valence-electron chi connectivity index (χ4n) is 3.58. The molecule has 1 aliphatic rings. The van der Waals surface area contributed by atoms with E-state index in [2.05, 4.69) is 4.98 Å². The molecule has 3 heterocycles. The van der Waals surface area contributed by atoms with Crippen molar-refractivity contribution < 1.29 is 27.9 Å². The third-order valence-corrected chi connectivity index (χ3v) is 5.28. The van der Waals surface area contributed by atoms with E-state index in [0.717, 1.165) is 5.56 Å². The highest BCUT2D eigenvalue weighted by atomic mass is 16.6. The maximum atomic E-state index is 13.0. The van der Waals surface area contributed by atoms with E-state index in [1.54, 1.807) is 43.3 Å². The number of para-hydroxylation sites is 2. The molecule has 0 unspecified atom stereocenters. The van der Waals surface area contributed by atoms with Crippen LogP contribution in [0, 0.1) is 6.92 Å². The third kappa shape index (κ3) is 4.10. The standard InChI is InChI=1S/C25H20N2O6/c1-16-18(26-23(32-16)17-8-3-2-4-9-17)15-31-25(29)22-14-27(24(28)21-12-7-13-30-21)19-10-5-6-11-20(19)33-22/h2-13,22H,14-15H2,1H3/t22-/m0/s1. The molecule has 0 saturated carbocycles. The van der Waals surface area contributed by atoms with Crippen molar-refractivity contribution in [3.63, 3.8) is 0 Å². The van der Waals surface area contributed by atoms with E-state index in [-0.39, 0.29) is 24.8 Å². The number of oxazole rings is 1. The number of anilines is 1. The Balaban J connectivity index is 1.31. The lowest BCUT2D eigenvalue weighted by Crippen LogP contribution is -2.47. The van der Waals surface area contributed by atoms with Crippen molar-refractivity contribution >= 4 is 17.6 Å². The average Bonchev–Trinajstić information content (AvgIpc) is 3.52. The summed E-state index contributed by atoms with van der Waals surface area (Å²) < 4.78 is 22.3. The van der Waals surface area contributed by atoms with Crippen molar-refractivity contribution in [2.24, 2.45) is 0 Å². The number of benzene rings is 2. The van der Waals surface area contributed by atoms with Crippen molar-refractivity contribution in [3.8, 4) is 17.2 Å². The fourth-order valence-corrected chi connectivity index (χ4v) is 3.58. The van der Waals surface area contributed by atoms with Gasteiger partial charge in [-0.3, -0.25) is 9.69 Å². The predicted octanol–water partition coefficient (Wildman–Crippen LogP) is 4.39. The van der Waals surface area contributed by atoms with E-state index in [1.807, 2.05) is 30.3 Å². The number of ether oxygens (including phenoxy) is 2. The predicted molar refractivity (Wildman–Crippen MR) is 118 cm³/mol. The van der Waals surface area contributed by atoms with E-state index in [1.165, 1.54) is 11.2 Å². The first-order chi connectivity index (χ1) is 16.1. The highest BCUT2D eigenvalue weighted by Crippen LogP contribution is 2.34. The molecule has 33 heavy (non-hydrogen) atoms. The van der Waals surface area contributed by atoms with Crippen LogP contribution in [0.2, 0.25) is 0 Å². The van der Waals surface area contributed by atoms with Gasteiger partial charge in [0, 0.05) is 5.56 Å². The summed E-state index contributed by atoms with van der Waals surface area (Å²) in [6.45, 7) is 1.68. The quantitative estimate of drug-likeness (QED) is 0.421. The van der Waals surface area contributed by atoms with Crippen LogP contribution in [-0.2, 0) is 16.1 Å². The maximum absolute atomic E-state index is 13.0. The Morgan fingerprint density at radius 2 is 1.85 bits per heavy atom. The van der Waals surface area contributed by atoms with Crippen molar-refractivity contribution in [2.45, 2.75) is 19.6 Å². The number of amides is 1. The summed E-state index contributed by atoms with van der Waals surface area (Å²) in [6.07, 6.45) is 0.426. The van der Waals surface area contributed by atoms with E-state index in [0.29, 0.717) is 28.8 Å². The molecule has 1 aliphatic heterocycles. The molecule has 1 atom stereocenters. The SMILES string of the molecule is Cc1oc(-c2ccccc2)nc1COC(=O)[C@@H]1CN(C(=O)c2ccco2)c2ccccc2O1. The number of hydrogen-bond acceptors (Lipinski definition) is 7. The van der Waals surface area contributed by atoms with E-state index < -0.39 is 12.1 Å². The minimum absolute atomic E-state index is 0.0115. The Hall–Kier alpha value is -4.33. The van der Waals surface area contributed by atoms with Gasteiger partial charge in [-0.15, -0.1) is 0 Å². The Bertz CT molecular complexity index is 1280. The largest absolute Gasteiger partial charge is 0.475 e. The molecule has 2 aromatic heterocycles. The van der Waals surface area contributed by atoms with Crippen LogP contribution in [-0.4, -0.2) is 29.5 Å². The van der Waals surface area contributed by atoms with Gasteiger partial charge in [0.25, 0.3) is 5.91 Å². The van der Waals surface area contributed by atoms with Crippen LogP contribution in [0.3, 0.4) is 0 Å². The Kier molecular flexibility index (Phi) is 5.40. The van der Waals surface area contributed by atoms with Gasteiger partial charge in [-0.05, 0) is 43.3 Å². The summed E-state index contributed by atoms with van der Waals surface area (Å²) in [5, 5.41) is 0. The molecule has 0 aliphatic carbocycles. The molecule has 0 radical (unpaired) electrons. The number of hydrogen-bond donors (Lipinski definition) is 0. The number of furan rings is 1. The maximum Gasteiger partial charge on any atom is 0.349 e. The summed E-state index contributed by atoms with van der Waals surface area (Å²) >= 11 is 0. The number of carbonyl (C=O) groups excluding carboxylic acids is 2. The van der Waals surface area contributed by atoms with Crippen LogP contribution in [0.4, 0.5) is 5.69 Å². The van der Waals surface area contributed by atoms with Gasteiger partial charge >= 0.3 is 5.97 Å². The van der Waals surface area contributed by atoms with Gasteiger partial charge in [0.05, 0.1) is 18.5 Å². The smallest absolute Gasteiger partial charge is 0.349 e. The first-order valence-corrected chi connectivity index (χ1v) is 10.4. The molecule has 166 valence electrons. The molecule has 0 bridgehead atoms. The normalized spacial score (nSPS) is 14.9. The molecular weight excluding hydrogens is 424 g/mol. The zero-order chi connectivity index (χ0) is 22.8. The van der Waals surface area contributed by atoms with Crippen LogP contribution in [0.25, 0.3) is 11.5 Å². The number of nitrogens with zero attached hydrogens (tertiary/aromatic N) is 2.